The standard InChI is InChI=1S/C11H14N4OS/c1-9-12-5-6-15(9)10-3-4-11(14-13-10)17-8-7-16-2/h3-6H,7-8H2,1-2H3. The second-order valence-electron chi connectivity index (χ2n) is 3.42. The summed E-state index contributed by atoms with van der Waals surface area (Å²) < 4.78 is 6.88. The third-order valence-corrected chi connectivity index (χ3v) is 3.12. The van der Waals surface area contributed by atoms with Gasteiger partial charge in [0.05, 0.1) is 6.61 Å². The molecule has 0 aliphatic carbocycles. The van der Waals surface area contributed by atoms with E-state index < -0.39 is 0 Å². The minimum Gasteiger partial charge on any atom is -0.384 e. The van der Waals surface area contributed by atoms with Gasteiger partial charge in [-0.2, -0.15) is 0 Å². The van der Waals surface area contributed by atoms with Gasteiger partial charge >= 0.3 is 0 Å². The van der Waals surface area contributed by atoms with E-state index in [9.17, 15) is 0 Å². The SMILES string of the molecule is COCCSc1ccc(-n2ccnc2C)nn1. The molecule has 0 aliphatic heterocycles. The highest BCUT2D eigenvalue weighted by atomic mass is 32.2. The van der Waals surface area contributed by atoms with Crippen molar-refractivity contribution in [3.8, 4) is 5.82 Å². The van der Waals surface area contributed by atoms with Crippen LogP contribution in [0.4, 0.5) is 0 Å². The Morgan fingerprint density at radius 2 is 2.24 bits per heavy atom. The van der Waals surface area contributed by atoms with Crippen LogP contribution in [0.2, 0.25) is 0 Å². The average molecular weight is 250 g/mol. The quantitative estimate of drug-likeness (QED) is 0.597. The Labute approximate surface area is 104 Å². The largest absolute Gasteiger partial charge is 0.384 e. The monoisotopic (exact) mass is 250 g/mol. The summed E-state index contributed by atoms with van der Waals surface area (Å²) in [5, 5.41) is 9.23. The van der Waals surface area contributed by atoms with Gasteiger partial charge in [-0.05, 0) is 19.1 Å². The van der Waals surface area contributed by atoms with Crippen LogP contribution in [-0.2, 0) is 4.74 Å². The van der Waals surface area contributed by atoms with E-state index in [0.29, 0.717) is 6.61 Å². The molecule has 0 aromatic carbocycles. The molecule has 6 heteroatoms. The van der Waals surface area contributed by atoms with Gasteiger partial charge in [0.1, 0.15) is 10.9 Å². The molecule has 0 unspecified atom stereocenters. The molecule has 5 nitrogen and oxygen atoms in total. The minimum atomic E-state index is 0.717. The predicted molar refractivity (Wildman–Crippen MR) is 66.5 cm³/mol. The number of nitrogens with zero attached hydrogens (tertiary/aromatic N) is 4. The highest BCUT2D eigenvalue weighted by molar-refractivity contribution is 7.99. The predicted octanol–water partition coefficient (Wildman–Crippen LogP) is 1.71. The molecule has 2 aromatic rings. The van der Waals surface area contributed by atoms with Crippen molar-refractivity contribution in [2.45, 2.75) is 11.9 Å². The van der Waals surface area contributed by atoms with E-state index >= 15 is 0 Å². The average Bonchev–Trinajstić information content (AvgIpc) is 2.77. The molecule has 0 atom stereocenters. The van der Waals surface area contributed by atoms with Gasteiger partial charge in [0.25, 0.3) is 0 Å². The van der Waals surface area contributed by atoms with Gasteiger partial charge in [0.2, 0.25) is 0 Å². The van der Waals surface area contributed by atoms with Crippen molar-refractivity contribution in [1.29, 1.82) is 0 Å². The topological polar surface area (TPSA) is 52.8 Å². The molecule has 17 heavy (non-hydrogen) atoms. The van der Waals surface area contributed by atoms with Crippen molar-refractivity contribution >= 4 is 11.8 Å². The van der Waals surface area contributed by atoms with Crippen LogP contribution in [0.3, 0.4) is 0 Å². The maximum Gasteiger partial charge on any atom is 0.160 e. The molecule has 0 spiro atoms. The highest BCUT2D eigenvalue weighted by Crippen LogP contribution is 2.15. The second-order valence-corrected chi connectivity index (χ2v) is 4.53. The van der Waals surface area contributed by atoms with Gasteiger partial charge in [-0.15, -0.1) is 22.0 Å². The van der Waals surface area contributed by atoms with E-state index in [4.69, 9.17) is 4.74 Å². The third-order valence-electron chi connectivity index (χ3n) is 2.24. The third kappa shape index (κ3) is 3.04. The summed E-state index contributed by atoms with van der Waals surface area (Å²) in [5.41, 5.74) is 0. The first kappa shape index (κ1) is 12.1. The van der Waals surface area contributed by atoms with Gasteiger partial charge in [0, 0.05) is 25.3 Å². The Balaban J connectivity index is 2.06. The number of thioether (sulfide) groups is 1. The number of methoxy groups -OCH3 is 1. The molecular weight excluding hydrogens is 236 g/mol. The molecule has 0 bridgehead atoms. The summed E-state index contributed by atoms with van der Waals surface area (Å²) >= 11 is 1.63. The number of rotatable bonds is 5. The Bertz CT molecular complexity index is 469. The van der Waals surface area contributed by atoms with Crippen molar-refractivity contribution in [2.24, 2.45) is 0 Å². The lowest BCUT2D eigenvalue weighted by atomic mass is 10.5. The molecule has 0 amide bonds. The first-order valence-electron chi connectivity index (χ1n) is 5.27. The first-order chi connectivity index (χ1) is 8.31. The Morgan fingerprint density at radius 1 is 1.35 bits per heavy atom. The van der Waals surface area contributed by atoms with Gasteiger partial charge in [0.15, 0.2) is 5.82 Å². The molecule has 0 saturated heterocycles. The molecule has 0 fully saturated rings. The van der Waals surface area contributed by atoms with Crippen LogP contribution in [0.5, 0.6) is 0 Å². The number of aryl methyl sites for hydroxylation is 1. The van der Waals surface area contributed by atoms with E-state index in [1.54, 1.807) is 25.1 Å². The summed E-state index contributed by atoms with van der Waals surface area (Å²) in [7, 11) is 1.69. The fraction of sp³-hybridized carbons (Fsp3) is 0.364. The zero-order chi connectivity index (χ0) is 12.1. The van der Waals surface area contributed by atoms with Crippen molar-refractivity contribution < 1.29 is 4.74 Å². The lowest BCUT2D eigenvalue weighted by Gasteiger charge is -2.04. The normalized spacial score (nSPS) is 10.7. The zero-order valence-electron chi connectivity index (χ0n) is 9.83. The lowest BCUT2D eigenvalue weighted by Crippen LogP contribution is -2.01. The molecule has 0 N–H and O–H groups in total. The van der Waals surface area contributed by atoms with E-state index in [1.807, 2.05) is 29.8 Å². The van der Waals surface area contributed by atoms with Gasteiger partial charge in [-0.3, -0.25) is 4.57 Å². The van der Waals surface area contributed by atoms with Gasteiger partial charge in [-0.1, -0.05) is 0 Å². The zero-order valence-corrected chi connectivity index (χ0v) is 10.6. The summed E-state index contributed by atoms with van der Waals surface area (Å²) in [6, 6.07) is 3.90. The number of hydrogen-bond donors (Lipinski definition) is 0. The van der Waals surface area contributed by atoms with Crippen molar-refractivity contribution in [3.63, 3.8) is 0 Å². The van der Waals surface area contributed by atoms with Crippen molar-refractivity contribution in [3.05, 3.63) is 30.4 Å². The molecule has 2 aromatic heterocycles. The summed E-state index contributed by atoms with van der Waals surface area (Å²) in [6.45, 7) is 2.65. The Morgan fingerprint density at radius 3 is 2.82 bits per heavy atom. The highest BCUT2D eigenvalue weighted by Gasteiger charge is 2.03. The van der Waals surface area contributed by atoms with Crippen LogP contribution in [-0.4, -0.2) is 39.2 Å². The lowest BCUT2D eigenvalue weighted by molar-refractivity contribution is 0.218. The minimum absolute atomic E-state index is 0.717. The molecule has 0 saturated carbocycles. The molecule has 0 radical (unpaired) electrons. The summed E-state index contributed by atoms with van der Waals surface area (Å²) in [4.78, 5) is 4.15. The molecule has 2 heterocycles. The number of aromatic nitrogens is 4. The maximum atomic E-state index is 4.98. The fourth-order valence-corrected chi connectivity index (χ4v) is 2.09. The summed E-state index contributed by atoms with van der Waals surface area (Å²) in [5.74, 6) is 2.57. The Kier molecular flexibility index (Phi) is 4.11. The molecular formula is C11H14N4OS. The van der Waals surface area contributed by atoms with Gasteiger partial charge < -0.3 is 4.74 Å². The Hall–Kier alpha value is -1.40. The van der Waals surface area contributed by atoms with E-state index in [-0.39, 0.29) is 0 Å². The fourth-order valence-electron chi connectivity index (χ4n) is 1.37. The van der Waals surface area contributed by atoms with E-state index in [2.05, 4.69) is 15.2 Å². The number of hydrogen-bond acceptors (Lipinski definition) is 5. The first-order valence-corrected chi connectivity index (χ1v) is 6.25. The molecule has 90 valence electrons. The number of imidazole rings is 1. The number of ether oxygens (including phenoxy) is 1. The second kappa shape index (κ2) is 5.79. The van der Waals surface area contributed by atoms with E-state index in [0.717, 1.165) is 22.4 Å². The van der Waals surface area contributed by atoms with Crippen LogP contribution >= 0.6 is 11.8 Å². The maximum absolute atomic E-state index is 4.98. The van der Waals surface area contributed by atoms with Crippen LogP contribution in [0.1, 0.15) is 5.82 Å². The van der Waals surface area contributed by atoms with Crippen LogP contribution in [0.25, 0.3) is 5.82 Å². The summed E-state index contributed by atoms with van der Waals surface area (Å²) in [6.07, 6.45) is 3.62. The smallest absolute Gasteiger partial charge is 0.160 e. The van der Waals surface area contributed by atoms with Crippen LogP contribution in [0, 0.1) is 6.92 Å². The van der Waals surface area contributed by atoms with E-state index in [1.165, 1.54) is 0 Å². The van der Waals surface area contributed by atoms with Crippen LogP contribution < -0.4 is 0 Å². The van der Waals surface area contributed by atoms with Crippen molar-refractivity contribution in [1.82, 2.24) is 19.7 Å². The van der Waals surface area contributed by atoms with Gasteiger partial charge in [-0.25, -0.2) is 4.98 Å². The molecule has 0 aliphatic rings. The molecule has 2 rings (SSSR count). The van der Waals surface area contributed by atoms with Crippen molar-refractivity contribution in [2.75, 3.05) is 19.5 Å². The van der Waals surface area contributed by atoms with Crippen LogP contribution in [0.15, 0.2) is 29.6 Å².